The van der Waals surface area contributed by atoms with Crippen LogP contribution in [0.2, 0.25) is 0 Å². The van der Waals surface area contributed by atoms with Gasteiger partial charge in [-0.25, -0.2) is 8.78 Å². The Kier molecular flexibility index (Phi) is 2.62. The van der Waals surface area contributed by atoms with Crippen molar-refractivity contribution in [1.82, 2.24) is 4.98 Å². The van der Waals surface area contributed by atoms with Gasteiger partial charge in [0.05, 0.1) is 4.47 Å². The number of aromatic nitrogens is 1. The summed E-state index contributed by atoms with van der Waals surface area (Å²) in [4.78, 5) is 3.41. The summed E-state index contributed by atoms with van der Waals surface area (Å²) >= 11 is 2.97. The molecular formula is C7H6BrF2NO. The van der Waals surface area contributed by atoms with Crippen molar-refractivity contribution in [3.05, 3.63) is 21.9 Å². The number of hydrogen-bond donors (Lipinski definition) is 1. The zero-order valence-electron chi connectivity index (χ0n) is 6.18. The van der Waals surface area contributed by atoms with Crippen molar-refractivity contribution in [3.63, 3.8) is 0 Å². The van der Waals surface area contributed by atoms with Crippen LogP contribution in [0.4, 0.5) is 8.78 Å². The van der Waals surface area contributed by atoms with Gasteiger partial charge >= 0.3 is 0 Å². The maximum Gasteiger partial charge on any atom is 0.284 e. The number of pyridine rings is 1. The third-order valence-electron chi connectivity index (χ3n) is 1.40. The van der Waals surface area contributed by atoms with Gasteiger partial charge < -0.3 is 5.11 Å². The fourth-order valence-electron chi connectivity index (χ4n) is 0.743. The maximum absolute atomic E-state index is 12.1. The maximum atomic E-state index is 12.1. The van der Waals surface area contributed by atoms with E-state index in [-0.39, 0.29) is 4.47 Å². The molecule has 0 spiro atoms. The van der Waals surface area contributed by atoms with E-state index in [0.29, 0.717) is 5.56 Å². The SMILES string of the molecule is Cc1cnc(C(F)F)c(O)c1Br. The van der Waals surface area contributed by atoms with Gasteiger partial charge in [0.2, 0.25) is 0 Å². The Labute approximate surface area is 76.4 Å². The summed E-state index contributed by atoms with van der Waals surface area (Å²) < 4.78 is 24.5. The normalized spacial score (nSPS) is 10.8. The lowest BCUT2D eigenvalue weighted by Gasteiger charge is -2.05. The van der Waals surface area contributed by atoms with Crippen LogP contribution in [0.5, 0.6) is 5.75 Å². The molecule has 0 unspecified atom stereocenters. The molecule has 0 saturated carbocycles. The van der Waals surface area contributed by atoms with Gasteiger partial charge in [-0.3, -0.25) is 4.98 Å². The van der Waals surface area contributed by atoms with Crippen molar-refractivity contribution in [2.75, 3.05) is 0 Å². The fraction of sp³-hybridized carbons (Fsp3) is 0.286. The Bertz CT molecular complexity index is 304. The van der Waals surface area contributed by atoms with Crippen molar-refractivity contribution in [2.45, 2.75) is 13.3 Å². The molecule has 0 aliphatic heterocycles. The molecule has 0 aliphatic rings. The number of nitrogens with zero attached hydrogens (tertiary/aromatic N) is 1. The van der Waals surface area contributed by atoms with Crippen LogP contribution >= 0.6 is 15.9 Å². The van der Waals surface area contributed by atoms with Crippen LogP contribution in [-0.4, -0.2) is 10.1 Å². The molecule has 1 heterocycles. The first-order chi connectivity index (χ1) is 5.54. The zero-order valence-corrected chi connectivity index (χ0v) is 7.77. The average molecular weight is 238 g/mol. The highest BCUT2D eigenvalue weighted by Gasteiger charge is 2.17. The van der Waals surface area contributed by atoms with E-state index in [1.165, 1.54) is 6.20 Å². The van der Waals surface area contributed by atoms with E-state index < -0.39 is 17.9 Å². The van der Waals surface area contributed by atoms with Crippen LogP contribution in [-0.2, 0) is 0 Å². The molecule has 0 aromatic carbocycles. The highest BCUT2D eigenvalue weighted by molar-refractivity contribution is 9.10. The van der Waals surface area contributed by atoms with E-state index in [4.69, 9.17) is 5.11 Å². The summed E-state index contributed by atoms with van der Waals surface area (Å²) in [7, 11) is 0. The van der Waals surface area contributed by atoms with Gasteiger partial charge in [0.1, 0.15) is 5.69 Å². The largest absolute Gasteiger partial charge is 0.505 e. The standard InChI is InChI=1S/C7H6BrF2NO/c1-3-2-11-5(7(9)10)6(12)4(3)8/h2,7,12H,1H3. The van der Waals surface area contributed by atoms with E-state index in [0.717, 1.165) is 0 Å². The molecule has 1 N–H and O–H groups in total. The van der Waals surface area contributed by atoms with Gasteiger partial charge in [0, 0.05) is 6.20 Å². The van der Waals surface area contributed by atoms with E-state index >= 15 is 0 Å². The smallest absolute Gasteiger partial charge is 0.284 e. The highest BCUT2D eigenvalue weighted by Crippen LogP contribution is 2.34. The number of aromatic hydroxyl groups is 1. The van der Waals surface area contributed by atoms with E-state index in [1.54, 1.807) is 6.92 Å². The molecule has 2 nitrogen and oxygen atoms in total. The van der Waals surface area contributed by atoms with Crippen LogP contribution in [0.25, 0.3) is 0 Å². The first-order valence-electron chi connectivity index (χ1n) is 3.16. The van der Waals surface area contributed by atoms with Crippen molar-refractivity contribution in [1.29, 1.82) is 0 Å². The van der Waals surface area contributed by atoms with Gasteiger partial charge in [-0.15, -0.1) is 0 Å². The monoisotopic (exact) mass is 237 g/mol. The van der Waals surface area contributed by atoms with Crippen LogP contribution in [0.1, 0.15) is 17.7 Å². The molecule has 0 saturated heterocycles. The summed E-state index contributed by atoms with van der Waals surface area (Å²) in [6.45, 7) is 1.66. The minimum atomic E-state index is -2.75. The summed E-state index contributed by atoms with van der Waals surface area (Å²) in [6, 6.07) is 0. The number of hydrogen-bond acceptors (Lipinski definition) is 2. The predicted octanol–water partition coefficient (Wildman–Crippen LogP) is 2.80. The van der Waals surface area contributed by atoms with Crippen LogP contribution in [0.15, 0.2) is 10.7 Å². The lowest BCUT2D eigenvalue weighted by Crippen LogP contribution is -1.92. The van der Waals surface area contributed by atoms with Crippen molar-refractivity contribution < 1.29 is 13.9 Å². The molecule has 1 rings (SSSR count). The van der Waals surface area contributed by atoms with E-state index in [9.17, 15) is 8.78 Å². The first-order valence-corrected chi connectivity index (χ1v) is 3.95. The molecule has 66 valence electrons. The third-order valence-corrected chi connectivity index (χ3v) is 2.40. The Morgan fingerprint density at radius 2 is 2.17 bits per heavy atom. The van der Waals surface area contributed by atoms with E-state index in [2.05, 4.69) is 20.9 Å². The topological polar surface area (TPSA) is 33.1 Å². The zero-order chi connectivity index (χ0) is 9.30. The summed E-state index contributed by atoms with van der Waals surface area (Å²) in [5.41, 5.74) is 0.0318. The summed E-state index contributed by atoms with van der Waals surface area (Å²) in [5, 5.41) is 9.16. The lowest BCUT2D eigenvalue weighted by atomic mass is 10.2. The molecule has 1 aromatic heterocycles. The van der Waals surface area contributed by atoms with Crippen LogP contribution < -0.4 is 0 Å². The van der Waals surface area contributed by atoms with Gasteiger partial charge in [-0.2, -0.15) is 0 Å². The minimum Gasteiger partial charge on any atom is -0.505 e. The fourth-order valence-corrected chi connectivity index (χ4v) is 1.05. The van der Waals surface area contributed by atoms with Gasteiger partial charge in [-0.1, -0.05) is 0 Å². The average Bonchev–Trinajstić information content (AvgIpc) is 2.00. The molecule has 0 radical (unpaired) electrons. The molecule has 12 heavy (non-hydrogen) atoms. The van der Waals surface area contributed by atoms with Crippen molar-refractivity contribution in [3.8, 4) is 5.75 Å². The lowest BCUT2D eigenvalue weighted by molar-refractivity contribution is 0.141. The van der Waals surface area contributed by atoms with Crippen molar-refractivity contribution >= 4 is 15.9 Å². The summed E-state index contributed by atoms with van der Waals surface area (Å²) in [5.74, 6) is -0.481. The third kappa shape index (κ3) is 1.55. The number of rotatable bonds is 1. The Hall–Kier alpha value is -0.710. The van der Waals surface area contributed by atoms with Gasteiger partial charge in [0.25, 0.3) is 6.43 Å². The molecule has 0 atom stereocenters. The summed E-state index contributed by atoms with van der Waals surface area (Å²) in [6.07, 6.45) is -1.47. The quantitative estimate of drug-likeness (QED) is 0.815. The number of alkyl halides is 2. The predicted molar refractivity (Wildman–Crippen MR) is 43.3 cm³/mol. The second kappa shape index (κ2) is 3.35. The molecule has 0 bridgehead atoms. The minimum absolute atomic E-state index is 0.271. The molecule has 1 aromatic rings. The first kappa shape index (κ1) is 9.38. The Morgan fingerprint density at radius 3 is 2.67 bits per heavy atom. The highest BCUT2D eigenvalue weighted by atomic mass is 79.9. The Balaban J connectivity index is 3.27. The van der Waals surface area contributed by atoms with E-state index in [1.807, 2.05) is 0 Å². The second-order valence-electron chi connectivity index (χ2n) is 2.29. The number of halogens is 3. The molecule has 5 heteroatoms. The number of aryl methyl sites for hydroxylation is 1. The second-order valence-corrected chi connectivity index (χ2v) is 3.08. The van der Waals surface area contributed by atoms with Crippen LogP contribution in [0, 0.1) is 6.92 Å². The van der Waals surface area contributed by atoms with Gasteiger partial charge in [-0.05, 0) is 28.4 Å². The Morgan fingerprint density at radius 1 is 1.58 bits per heavy atom. The molecule has 0 aliphatic carbocycles. The van der Waals surface area contributed by atoms with Crippen LogP contribution in [0.3, 0.4) is 0 Å². The molecule has 0 fully saturated rings. The molecular weight excluding hydrogens is 232 g/mol. The van der Waals surface area contributed by atoms with Crippen molar-refractivity contribution in [2.24, 2.45) is 0 Å². The molecule has 0 amide bonds. The van der Waals surface area contributed by atoms with Gasteiger partial charge in [0.15, 0.2) is 5.75 Å².